The van der Waals surface area contributed by atoms with E-state index < -0.39 is 0 Å². The molecule has 1 heterocycles. The molecule has 3 rings (SSSR count). The molecular weight excluding hydrogens is 364 g/mol. The van der Waals surface area contributed by atoms with Gasteiger partial charge in [-0.1, -0.05) is 59.9 Å². The summed E-state index contributed by atoms with van der Waals surface area (Å²) in [6.45, 7) is 4.68. The van der Waals surface area contributed by atoms with Gasteiger partial charge in [0, 0.05) is 22.9 Å². The Morgan fingerprint density at radius 2 is 1.00 bits per heavy atom. The van der Waals surface area contributed by atoms with E-state index >= 15 is 0 Å². The fraction of sp³-hybridized carbons (Fsp3) is 0.200. The third-order valence-electron chi connectivity index (χ3n) is 3.88. The van der Waals surface area contributed by atoms with E-state index in [9.17, 15) is 9.59 Å². The van der Waals surface area contributed by atoms with Crippen LogP contribution in [0, 0.1) is 0 Å². The zero-order chi connectivity index (χ0) is 18.5. The first kappa shape index (κ1) is 18.6. The standard InChI is InChI=1S/C20H20N2O2S2/c1-3-21-19(23)17(25-15-11-7-5-8-12-15)18(20(24)22(21)4-2)26-16-13-9-6-10-14-16/h5-14H,3-4H2,1-2H3. The Balaban J connectivity index is 2.20. The van der Waals surface area contributed by atoms with Crippen molar-refractivity contribution < 1.29 is 0 Å². The SMILES string of the molecule is CCn1c(=O)c(Sc2ccccc2)c(Sc2ccccc2)c(=O)n1CC. The van der Waals surface area contributed by atoms with Crippen molar-refractivity contribution in [2.45, 2.75) is 46.5 Å². The predicted molar refractivity (Wildman–Crippen MR) is 107 cm³/mol. The minimum atomic E-state index is -0.124. The maximum atomic E-state index is 13.1. The van der Waals surface area contributed by atoms with Crippen LogP contribution in [0.4, 0.5) is 0 Å². The molecule has 0 aliphatic heterocycles. The van der Waals surface area contributed by atoms with Crippen LogP contribution in [0.1, 0.15) is 13.8 Å². The Morgan fingerprint density at radius 3 is 1.31 bits per heavy atom. The summed E-state index contributed by atoms with van der Waals surface area (Å²) < 4.78 is 3.06. The molecular formula is C20H20N2O2S2. The van der Waals surface area contributed by atoms with Gasteiger partial charge in [-0.3, -0.25) is 9.59 Å². The molecule has 1 aromatic heterocycles. The Kier molecular flexibility index (Phi) is 6.06. The highest BCUT2D eigenvalue weighted by molar-refractivity contribution is 8.02. The van der Waals surface area contributed by atoms with E-state index in [2.05, 4.69) is 0 Å². The third kappa shape index (κ3) is 3.81. The first-order chi connectivity index (χ1) is 12.7. The highest BCUT2D eigenvalue weighted by Crippen LogP contribution is 2.34. The Morgan fingerprint density at radius 1 is 0.654 bits per heavy atom. The number of rotatable bonds is 6. The number of benzene rings is 2. The third-order valence-corrected chi connectivity index (χ3v) is 6.19. The molecule has 0 amide bonds. The molecule has 0 fully saturated rings. The minimum Gasteiger partial charge on any atom is -0.267 e. The molecule has 3 aromatic rings. The Bertz CT molecular complexity index is 914. The lowest BCUT2D eigenvalue weighted by Crippen LogP contribution is -2.39. The lowest BCUT2D eigenvalue weighted by Gasteiger charge is -2.17. The van der Waals surface area contributed by atoms with Gasteiger partial charge < -0.3 is 0 Å². The van der Waals surface area contributed by atoms with Crippen molar-refractivity contribution in [1.29, 1.82) is 0 Å². The smallest absolute Gasteiger partial charge is 0.267 e. The number of hydrogen-bond donors (Lipinski definition) is 0. The van der Waals surface area contributed by atoms with Gasteiger partial charge >= 0.3 is 0 Å². The van der Waals surface area contributed by atoms with Gasteiger partial charge in [0.1, 0.15) is 0 Å². The molecule has 0 saturated carbocycles. The summed E-state index contributed by atoms with van der Waals surface area (Å²) in [5, 5.41) is 0. The molecule has 26 heavy (non-hydrogen) atoms. The van der Waals surface area contributed by atoms with Crippen LogP contribution in [0.15, 0.2) is 89.8 Å². The average Bonchev–Trinajstić information content (AvgIpc) is 2.68. The van der Waals surface area contributed by atoms with Gasteiger partial charge in [-0.15, -0.1) is 0 Å². The highest BCUT2D eigenvalue weighted by Gasteiger charge is 2.20. The van der Waals surface area contributed by atoms with E-state index in [1.54, 1.807) is 0 Å². The second-order valence-electron chi connectivity index (χ2n) is 5.53. The Hall–Kier alpha value is -2.18. The second-order valence-corrected chi connectivity index (χ2v) is 7.70. The van der Waals surface area contributed by atoms with Crippen molar-refractivity contribution in [3.05, 3.63) is 81.4 Å². The summed E-state index contributed by atoms with van der Waals surface area (Å²) in [6.07, 6.45) is 0. The van der Waals surface area contributed by atoms with Gasteiger partial charge in [-0.2, -0.15) is 0 Å². The molecule has 0 N–H and O–H groups in total. The number of hydrogen-bond acceptors (Lipinski definition) is 4. The summed E-state index contributed by atoms with van der Waals surface area (Å²) in [6, 6.07) is 19.4. The minimum absolute atomic E-state index is 0.124. The second kappa shape index (κ2) is 8.47. The van der Waals surface area contributed by atoms with Gasteiger partial charge in [0.05, 0.1) is 9.79 Å². The molecule has 0 saturated heterocycles. The maximum absolute atomic E-state index is 13.1. The molecule has 2 aromatic carbocycles. The van der Waals surface area contributed by atoms with Crippen LogP contribution < -0.4 is 11.1 Å². The van der Waals surface area contributed by atoms with Crippen molar-refractivity contribution in [2.75, 3.05) is 0 Å². The zero-order valence-electron chi connectivity index (χ0n) is 14.7. The molecule has 134 valence electrons. The summed E-state index contributed by atoms with van der Waals surface area (Å²) in [5.74, 6) is 0. The average molecular weight is 385 g/mol. The molecule has 0 atom stereocenters. The monoisotopic (exact) mass is 384 g/mol. The fourth-order valence-corrected chi connectivity index (χ4v) is 4.72. The van der Waals surface area contributed by atoms with Gasteiger partial charge in [0.15, 0.2) is 0 Å². The summed E-state index contributed by atoms with van der Waals surface area (Å²) in [4.78, 5) is 29.1. The van der Waals surface area contributed by atoms with Gasteiger partial charge in [-0.05, 0) is 38.1 Å². The van der Waals surface area contributed by atoms with Gasteiger partial charge in [-0.25, -0.2) is 9.36 Å². The van der Waals surface area contributed by atoms with Crippen LogP contribution in [0.3, 0.4) is 0 Å². The number of aromatic nitrogens is 2. The van der Waals surface area contributed by atoms with E-state index in [-0.39, 0.29) is 11.1 Å². The predicted octanol–water partition coefficient (Wildman–Crippen LogP) is 4.35. The molecule has 6 heteroatoms. The van der Waals surface area contributed by atoms with Crippen LogP contribution >= 0.6 is 23.5 Å². The van der Waals surface area contributed by atoms with E-state index in [0.29, 0.717) is 22.9 Å². The maximum Gasteiger partial charge on any atom is 0.280 e. The van der Waals surface area contributed by atoms with E-state index in [4.69, 9.17) is 0 Å². The van der Waals surface area contributed by atoms with Crippen LogP contribution in [0.5, 0.6) is 0 Å². The number of nitrogens with zero attached hydrogens (tertiary/aromatic N) is 2. The van der Waals surface area contributed by atoms with Crippen molar-refractivity contribution in [1.82, 2.24) is 9.36 Å². The van der Waals surface area contributed by atoms with Gasteiger partial charge in [0.2, 0.25) is 0 Å². The topological polar surface area (TPSA) is 44.0 Å². The van der Waals surface area contributed by atoms with E-state index in [0.717, 1.165) is 9.79 Å². The van der Waals surface area contributed by atoms with Crippen molar-refractivity contribution >= 4 is 23.5 Å². The molecule has 0 bridgehead atoms. The van der Waals surface area contributed by atoms with Crippen LogP contribution in [-0.4, -0.2) is 9.36 Å². The molecule has 0 radical (unpaired) electrons. The first-order valence-electron chi connectivity index (χ1n) is 8.49. The summed E-state index contributed by atoms with van der Waals surface area (Å²) in [7, 11) is 0. The lowest BCUT2D eigenvalue weighted by atomic mass is 10.4. The van der Waals surface area contributed by atoms with Crippen LogP contribution in [0.2, 0.25) is 0 Å². The van der Waals surface area contributed by atoms with Gasteiger partial charge in [0.25, 0.3) is 11.1 Å². The van der Waals surface area contributed by atoms with E-state index in [1.807, 2.05) is 74.5 Å². The van der Waals surface area contributed by atoms with E-state index in [1.165, 1.54) is 32.9 Å². The van der Waals surface area contributed by atoms with Crippen molar-refractivity contribution in [3.8, 4) is 0 Å². The summed E-state index contributed by atoms with van der Waals surface area (Å²) >= 11 is 2.71. The first-order valence-corrected chi connectivity index (χ1v) is 10.1. The lowest BCUT2D eigenvalue weighted by molar-refractivity contribution is 0.424. The zero-order valence-corrected chi connectivity index (χ0v) is 16.3. The molecule has 0 unspecified atom stereocenters. The Labute approximate surface area is 160 Å². The molecule has 0 spiro atoms. The molecule has 4 nitrogen and oxygen atoms in total. The van der Waals surface area contributed by atoms with Crippen molar-refractivity contribution in [2.24, 2.45) is 0 Å². The molecule has 0 aliphatic carbocycles. The fourth-order valence-electron chi connectivity index (χ4n) is 2.67. The normalized spacial score (nSPS) is 10.8. The highest BCUT2D eigenvalue weighted by atomic mass is 32.2. The van der Waals surface area contributed by atoms with Crippen LogP contribution in [0.25, 0.3) is 0 Å². The quantitative estimate of drug-likeness (QED) is 0.634. The largest absolute Gasteiger partial charge is 0.280 e. The summed E-state index contributed by atoms with van der Waals surface area (Å²) in [5.41, 5.74) is -0.248. The van der Waals surface area contributed by atoms with Crippen LogP contribution in [-0.2, 0) is 13.1 Å². The molecule has 0 aliphatic rings. The van der Waals surface area contributed by atoms with Crippen molar-refractivity contribution in [3.63, 3.8) is 0 Å².